The number of carbonyl (C=O) groups is 1. The minimum Gasteiger partial charge on any atom is -0.295 e. The Balaban J connectivity index is 2.22. The topological polar surface area (TPSA) is 63.2 Å². The van der Waals surface area contributed by atoms with E-state index in [0.717, 1.165) is 19.3 Å². The van der Waals surface area contributed by atoms with E-state index in [0.29, 0.717) is 17.4 Å². The van der Waals surface area contributed by atoms with E-state index < -0.39 is 10.0 Å². The molecule has 1 aliphatic rings. The van der Waals surface area contributed by atoms with Crippen LogP contribution < -0.4 is 4.72 Å². The number of carbonyl (C=O) groups excluding carboxylic acids is 1. The summed E-state index contributed by atoms with van der Waals surface area (Å²) < 4.78 is 27.8. The lowest BCUT2D eigenvalue weighted by molar-refractivity contribution is 0.101. The number of rotatable bonds is 4. The molecule has 21 heavy (non-hydrogen) atoms. The van der Waals surface area contributed by atoms with Crippen molar-refractivity contribution >= 4 is 15.8 Å². The zero-order chi connectivity index (χ0) is 15.6. The van der Waals surface area contributed by atoms with Crippen LogP contribution in [0.2, 0.25) is 0 Å². The molecule has 0 unspecified atom stereocenters. The molecule has 0 radical (unpaired) electrons. The van der Waals surface area contributed by atoms with Crippen LogP contribution in [0.4, 0.5) is 0 Å². The number of hydrogen-bond donors (Lipinski definition) is 1. The lowest BCUT2D eigenvalue weighted by Gasteiger charge is -2.34. The van der Waals surface area contributed by atoms with Gasteiger partial charge in [-0.05, 0) is 37.3 Å². The normalized spacial score (nSPS) is 26.5. The molecule has 0 aromatic heterocycles. The molecular weight excluding hydrogens is 286 g/mol. The Bertz CT molecular complexity index is 624. The summed E-state index contributed by atoms with van der Waals surface area (Å²) in [6.07, 6.45) is 3.07. The second kappa shape index (κ2) is 6.28. The van der Waals surface area contributed by atoms with Gasteiger partial charge >= 0.3 is 0 Å². The van der Waals surface area contributed by atoms with Crippen molar-refractivity contribution in [3.05, 3.63) is 29.8 Å². The van der Waals surface area contributed by atoms with E-state index >= 15 is 0 Å². The van der Waals surface area contributed by atoms with Crippen LogP contribution in [0.5, 0.6) is 0 Å². The Kier molecular flexibility index (Phi) is 4.84. The first-order chi connectivity index (χ1) is 9.81. The SMILES string of the molecule is CC(=O)c1cccc(S(=O)(=O)N[C@@H]2CCC[C@H](C)[C@H]2C)c1. The molecule has 3 atom stereocenters. The summed E-state index contributed by atoms with van der Waals surface area (Å²) in [5.74, 6) is 0.714. The maximum atomic E-state index is 12.5. The fourth-order valence-corrected chi connectivity index (χ4v) is 4.30. The Morgan fingerprint density at radius 2 is 1.95 bits per heavy atom. The van der Waals surface area contributed by atoms with Crippen molar-refractivity contribution in [3.63, 3.8) is 0 Å². The number of nitrogens with one attached hydrogen (secondary N) is 1. The van der Waals surface area contributed by atoms with E-state index in [2.05, 4.69) is 18.6 Å². The number of Topliss-reactive ketones (excluding diaryl/α,β-unsaturated/α-hetero) is 1. The van der Waals surface area contributed by atoms with Crippen molar-refractivity contribution in [2.75, 3.05) is 0 Å². The van der Waals surface area contributed by atoms with Gasteiger partial charge in [-0.3, -0.25) is 4.79 Å². The zero-order valence-corrected chi connectivity index (χ0v) is 13.6. The molecule has 116 valence electrons. The van der Waals surface area contributed by atoms with Gasteiger partial charge in [0.15, 0.2) is 5.78 Å². The molecule has 2 rings (SSSR count). The fourth-order valence-electron chi connectivity index (χ4n) is 2.90. The summed E-state index contributed by atoms with van der Waals surface area (Å²) in [4.78, 5) is 11.6. The van der Waals surface area contributed by atoms with Crippen LogP contribution in [0.15, 0.2) is 29.2 Å². The van der Waals surface area contributed by atoms with Crippen molar-refractivity contribution in [2.45, 2.75) is 51.0 Å². The van der Waals surface area contributed by atoms with Gasteiger partial charge in [-0.25, -0.2) is 13.1 Å². The maximum absolute atomic E-state index is 12.5. The van der Waals surface area contributed by atoms with Crippen LogP contribution >= 0.6 is 0 Å². The standard InChI is InChI=1S/C16H23NO3S/c1-11-6-4-9-16(12(11)2)17-21(19,20)15-8-5-7-14(10-15)13(3)18/h5,7-8,10-12,16-17H,4,6,9H2,1-3H3/t11-,12+,16+/m0/s1. The molecule has 0 aliphatic heterocycles. The van der Waals surface area contributed by atoms with Crippen LogP contribution in [0.25, 0.3) is 0 Å². The van der Waals surface area contributed by atoms with Crippen molar-refractivity contribution in [1.29, 1.82) is 0 Å². The summed E-state index contributed by atoms with van der Waals surface area (Å²) in [7, 11) is -3.57. The van der Waals surface area contributed by atoms with E-state index in [1.165, 1.54) is 19.1 Å². The largest absolute Gasteiger partial charge is 0.295 e. The van der Waals surface area contributed by atoms with Gasteiger partial charge in [0, 0.05) is 11.6 Å². The summed E-state index contributed by atoms with van der Waals surface area (Å²) in [6.45, 7) is 5.70. The minimum absolute atomic E-state index is 0.0280. The molecule has 1 saturated carbocycles. The third kappa shape index (κ3) is 3.71. The molecule has 1 aromatic carbocycles. The Morgan fingerprint density at radius 3 is 2.62 bits per heavy atom. The number of benzene rings is 1. The van der Waals surface area contributed by atoms with E-state index in [9.17, 15) is 13.2 Å². The molecule has 5 heteroatoms. The van der Waals surface area contributed by atoms with Crippen LogP contribution in [0, 0.1) is 11.8 Å². The van der Waals surface area contributed by atoms with E-state index in [1.54, 1.807) is 12.1 Å². The van der Waals surface area contributed by atoms with E-state index in [4.69, 9.17) is 0 Å². The molecule has 0 spiro atoms. The Labute approximate surface area is 127 Å². The monoisotopic (exact) mass is 309 g/mol. The van der Waals surface area contributed by atoms with E-state index in [1.807, 2.05) is 0 Å². The van der Waals surface area contributed by atoms with Crippen molar-refractivity contribution in [2.24, 2.45) is 11.8 Å². The molecule has 4 nitrogen and oxygen atoms in total. The summed E-state index contributed by atoms with van der Waals surface area (Å²) >= 11 is 0. The van der Waals surface area contributed by atoms with Crippen LogP contribution in [-0.4, -0.2) is 20.2 Å². The Morgan fingerprint density at radius 1 is 1.24 bits per heavy atom. The highest BCUT2D eigenvalue weighted by molar-refractivity contribution is 7.89. The molecule has 0 saturated heterocycles. The minimum atomic E-state index is -3.57. The summed E-state index contributed by atoms with van der Waals surface area (Å²) in [5.41, 5.74) is 0.419. The highest BCUT2D eigenvalue weighted by atomic mass is 32.2. The first kappa shape index (κ1) is 16.2. The number of ketones is 1. The highest BCUT2D eigenvalue weighted by Gasteiger charge is 2.30. The lowest BCUT2D eigenvalue weighted by Crippen LogP contribution is -2.43. The van der Waals surface area contributed by atoms with Crippen LogP contribution in [0.3, 0.4) is 0 Å². The first-order valence-corrected chi connectivity index (χ1v) is 8.93. The zero-order valence-electron chi connectivity index (χ0n) is 12.8. The van der Waals surface area contributed by atoms with Crippen LogP contribution in [-0.2, 0) is 10.0 Å². The average molecular weight is 309 g/mol. The lowest BCUT2D eigenvalue weighted by atomic mass is 9.78. The van der Waals surface area contributed by atoms with Crippen molar-refractivity contribution in [1.82, 2.24) is 4.72 Å². The summed E-state index contributed by atoms with van der Waals surface area (Å²) in [6, 6.07) is 6.19. The molecule has 1 N–H and O–H groups in total. The molecule has 1 aliphatic carbocycles. The van der Waals surface area contributed by atoms with Gasteiger partial charge in [0.1, 0.15) is 0 Å². The van der Waals surface area contributed by atoms with Gasteiger partial charge in [0.25, 0.3) is 0 Å². The predicted octanol–water partition coefficient (Wildman–Crippen LogP) is 2.99. The highest BCUT2D eigenvalue weighted by Crippen LogP contribution is 2.30. The Hall–Kier alpha value is -1.20. The van der Waals surface area contributed by atoms with Gasteiger partial charge in [-0.1, -0.05) is 38.8 Å². The van der Waals surface area contributed by atoms with E-state index in [-0.39, 0.29) is 16.7 Å². The second-order valence-corrected chi connectivity index (χ2v) is 7.79. The third-order valence-corrected chi connectivity index (χ3v) is 6.05. The van der Waals surface area contributed by atoms with Gasteiger partial charge in [0.05, 0.1) is 4.90 Å². The molecular formula is C16H23NO3S. The number of sulfonamides is 1. The first-order valence-electron chi connectivity index (χ1n) is 7.44. The van der Waals surface area contributed by atoms with Gasteiger partial charge in [-0.2, -0.15) is 0 Å². The fraction of sp³-hybridized carbons (Fsp3) is 0.562. The summed E-state index contributed by atoms with van der Waals surface area (Å²) in [5, 5.41) is 0. The van der Waals surface area contributed by atoms with Crippen molar-refractivity contribution < 1.29 is 13.2 Å². The molecule has 0 amide bonds. The number of hydrogen-bond acceptors (Lipinski definition) is 3. The second-order valence-electron chi connectivity index (χ2n) is 6.08. The average Bonchev–Trinajstić information content (AvgIpc) is 2.44. The smallest absolute Gasteiger partial charge is 0.240 e. The predicted molar refractivity (Wildman–Crippen MR) is 82.7 cm³/mol. The quantitative estimate of drug-likeness (QED) is 0.870. The van der Waals surface area contributed by atoms with Crippen LogP contribution in [0.1, 0.15) is 50.4 Å². The van der Waals surface area contributed by atoms with Crippen molar-refractivity contribution in [3.8, 4) is 0 Å². The molecule has 1 aromatic rings. The third-order valence-electron chi connectivity index (χ3n) is 4.56. The molecule has 1 fully saturated rings. The van der Waals surface area contributed by atoms with Gasteiger partial charge < -0.3 is 0 Å². The maximum Gasteiger partial charge on any atom is 0.240 e. The molecule has 0 heterocycles. The molecule has 0 bridgehead atoms. The van der Waals surface area contributed by atoms with Gasteiger partial charge in [0.2, 0.25) is 10.0 Å². The van der Waals surface area contributed by atoms with Gasteiger partial charge in [-0.15, -0.1) is 0 Å².